The number of hydrogen-bond donors (Lipinski definition) is 1. The lowest BCUT2D eigenvalue weighted by Crippen LogP contribution is -2.07. The van der Waals surface area contributed by atoms with Gasteiger partial charge in [0.15, 0.2) is 0 Å². The zero-order valence-corrected chi connectivity index (χ0v) is 8.10. The van der Waals surface area contributed by atoms with Crippen LogP contribution in [0.2, 0.25) is 0 Å². The molecule has 0 aliphatic rings. The summed E-state index contributed by atoms with van der Waals surface area (Å²) in [7, 11) is 0. The molecular formula is C10H23N. The highest BCUT2D eigenvalue weighted by molar-refractivity contribution is 4.57. The second-order valence-electron chi connectivity index (χ2n) is 3.35. The molecule has 0 heterocycles. The van der Waals surface area contributed by atoms with E-state index in [9.17, 15) is 0 Å². The molecule has 0 aliphatic heterocycles. The van der Waals surface area contributed by atoms with E-state index in [2.05, 4.69) is 13.8 Å². The predicted molar refractivity (Wildman–Crippen MR) is 51.6 cm³/mol. The summed E-state index contributed by atoms with van der Waals surface area (Å²) in [4.78, 5) is 0. The van der Waals surface area contributed by atoms with Crippen LogP contribution in [0.4, 0.5) is 0 Å². The molecule has 11 heavy (non-hydrogen) atoms. The van der Waals surface area contributed by atoms with Crippen molar-refractivity contribution in [3.8, 4) is 0 Å². The molecule has 0 spiro atoms. The first-order valence-corrected chi connectivity index (χ1v) is 5.05. The van der Waals surface area contributed by atoms with Gasteiger partial charge < -0.3 is 5.73 Å². The number of nitrogens with two attached hydrogens (primary N) is 1. The van der Waals surface area contributed by atoms with Crippen LogP contribution in [-0.2, 0) is 0 Å². The lowest BCUT2D eigenvalue weighted by Gasteiger charge is -2.12. The van der Waals surface area contributed by atoms with Gasteiger partial charge in [0.2, 0.25) is 0 Å². The van der Waals surface area contributed by atoms with Crippen molar-refractivity contribution in [2.75, 3.05) is 6.54 Å². The fourth-order valence-corrected chi connectivity index (χ4v) is 1.47. The summed E-state index contributed by atoms with van der Waals surface area (Å²) in [6, 6.07) is 0. The molecular weight excluding hydrogens is 134 g/mol. The third-order valence-corrected chi connectivity index (χ3v) is 2.37. The fraction of sp³-hybridized carbons (Fsp3) is 1.00. The first-order valence-electron chi connectivity index (χ1n) is 5.05. The molecule has 0 aliphatic carbocycles. The van der Waals surface area contributed by atoms with Crippen LogP contribution >= 0.6 is 0 Å². The van der Waals surface area contributed by atoms with Crippen molar-refractivity contribution in [3.63, 3.8) is 0 Å². The predicted octanol–water partition coefficient (Wildman–Crippen LogP) is 2.94. The van der Waals surface area contributed by atoms with Crippen LogP contribution in [0.3, 0.4) is 0 Å². The van der Waals surface area contributed by atoms with Crippen molar-refractivity contribution in [2.24, 2.45) is 11.7 Å². The van der Waals surface area contributed by atoms with Gasteiger partial charge in [-0.25, -0.2) is 0 Å². The Morgan fingerprint density at radius 1 is 1.09 bits per heavy atom. The van der Waals surface area contributed by atoms with Crippen LogP contribution in [-0.4, -0.2) is 6.54 Å². The van der Waals surface area contributed by atoms with E-state index in [1.807, 2.05) is 0 Å². The zero-order valence-electron chi connectivity index (χ0n) is 8.10. The van der Waals surface area contributed by atoms with Gasteiger partial charge in [0.05, 0.1) is 0 Å². The standard InChI is InChI=1S/C10H23N/c1-3-5-6-7-10(4-2)8-9-11/h10H,3-9,11H2,1-2H3. The van der Waals surface area contributed by atoms with E-state index in [0.717, 1.165) is 12.5 Å². The Kier molecular flexibility index (Phi) is 8.03. The monoisotopic (exact) mass is 157 g/mol. The fourth-order valence-electron chi connectivity index (χ4n) is 1.47. The van der Waals surface area contributed by atoms with Gasteiger partial charge in [0.1, 0.15) is 0 Å². The normalized spacial score (nSPS) is 13.4. The number of rotatable bonds is 7. The molecule has 2 N–H and O–H groups in total. The van der Waals surface area contributed by atoms with E-state index in [1.165, 1.54) is 38.5 Å². The smallest absolute Gasteiger partial charge is 0.00746 e. The first-order chi connectivity index (χ1) is 5.35. The summed E-state index contributed by atoms with van der Waals surface area (Å²) in [5, 5.41) is 0. The summed E-state index contributed by atoms with van der Waals surface area (Å²) >= 11 is 0. The van der Waals surface area contributed by atoms with Crippen molar-refractivity contribution in [1.82, 2.24) is 0 Å². The van der Waals surface area contributed by atoms with E-state index < -0.39 is 0 Å². The highest BCUT2D eigenvalue weighted by atomic mass is 14.5. The van der Waals surface area contributed by atoms with Crippen LogP contribution in [0.5, 0.6) is 0 Å². The Morgan fingerprint density at radius 2 is 1.82 bits per heavy atom. The summed E-state index contributed by atoms with van der Waals surface area (Å²) < 4.78 is 0. The molecule has 0 saturated carbocycles. The average molecular weight is 157 g/mol. The van der Waals surface area contributed by atoms with Crippen LogP contribution in [0.1, 0.15) is 52.4 Å². The number of unbranched alkanes of at least 4 members (excludes halogenated alkanes) is 2. The molecule has 1 heteroatoms. The molecule has 0 aromatic carbocycles. The van der Waals surface area contributed by atoms with Gasteiger partial charge in [-0.1, -0.05) is 46.0 Å². The molecule has 0 aromatic rings. The van der Waals surface area contributed by atoms with Crippen molar-refractivity contribution in [1.29, 1.82) is 0 Å². The van der Waals surface area contributed by atoms with Gasteiger partial charge in [-0.15, -0.1) is 0 Å². The lowest BCUT2D eigenvalue weighted by molar-refractivity contribution is 0.422. The molecule has 0 fully saturated rings. The lowest BCUT2D eigenvalue weighted by atomic mass is 9.95. The van der Waals surface area contributed by atoms with Crippen LogP contribution < -0.4 is 5.73 Å². The Bertz CT molecular complexity index is 71.3. The summed E-state index contributed by atoms with van der Waals surface area (Å²) in [5.41, 5.74) is 5.51. The maximum Gasteiger partial charge on any atom is -0.00746 e. The summed E-state index contributed by atoms with van der Waals surface area (Å²) in [6.07, 6.45) is 8.04. The van der Waals surface area contributed by atoms with Gasteiger partial charge in [-0.3, -0.25) is 0 Å². The van der Waals surface area contributed by atoms with Crippen LogP contribution in [0.25, 0.3) is 0 Å². The van der Waals surface area contributed by atoms with E-state index in [4.69, 9.17) is 5.73 Å². The molecule has 0 rings (SSSR count). The highest BCUT2D eigenvalue weighted by Crippen LogP contribution is 2.15. The molecule has 1 nitrogen and oxygen atoms in total. The topological polar surface area (TPSA) is 26.0 Å². The molecule has 0 saturated heterocycles. The van der Waals surface area contributed by atoms with Crippen molar-refractivity contribution < 1.29 is 0 Å². The molecule has 1 unspecified atom stereocenters. The first kappa shape index (κ1) is 11.0. The number of hydrogen-bond acceptors (Lipinski definition) is 1. The third kappa shape index (κ3) is 6.36. The second kappa shape index (κ2) is 8.06. The minimum Gasteiger partial charge on any atom is -0.330 e. The van der Waals surface area contributed by atoms with Gasteiger partial charge in [0.25, 0.3) is 0 Å². The Morgan fingerprint density at radius 3 is 2.27 bits per heavy atom. The molecule has 0 bridgehead atoms. The van der Waals surface area contributed by atoms with E-state index in [0.29, 0.717) is 0 Å². The third-order valence-electron chi connectivity index (χ3n) is 2.37. The quantitative estimate of drug-likeness (QED) is 0.565. The maximum absolute atomic E-state index is 5.51. The molecule has 68 valence electrons. The highest BCUT2D eigenvalue weighted by Gasteiger charge is 2.03. The Labute approximate surface area is 71.4 Å². The van der Waals surface area contributed by atoms with Gasteiger partial charge in [-0.05, 0) is 18.9 Å². The van der Waals surface area contributed by atoms with Crippen molar-refractivity contribution in [2.45, 2.75) is 52.4 Å². The van der Waals surface area contributed by atoms with Gasteiger partial charge >= 0.3 is 0 Å². The van der Waals surface area contributed by atoms with Gasteiger partial charge in [-0.2, -0.15) is 0 Å². The van der Waals surface area contributed by atoms with Crippen LogP contribution in [0, 0.1) is 5.92 Å². The molecule has 0 aromatic heterocycles. The zero-order chi connectivity index (χ0) is 8.53. The van der Waals surface area contributed by atoms with Gasteiger partial charge in [0, 0.05) is 0 Å². The van der Waals surface area contributed by atoms with E-state index in [1.54, 1.807) is 0 Å². The molecule has 0 amide bonds. The maximum atomic E-state index is 5.51. The van der Waals surface area contributed by atoms with Crippen LogP contribution in [0.15, 0.2) is 0 Å². The minimum absolute atomic E-state index is 0.866. The van der Waals surface area contributed by atoms with E-state index in [-0.39, 0.29) is 0 Å². The second-order valence-corrected chi connectivity index (χ2v) is 3.35. The van der Waals surface area contributed by atoms with E-state index >= 15 is 0 Å². The summed E-state index contributed by atoms with van der Waals surface area (Å²) in [5.74, 6) is 0.895. The summed E-state index contributed by atoms with van der Waals surface area (Å²) in [6.45, 7) is 5.39. The Balaban J connectivity index is 3.20. The van der Waals surface area contributed by atoms with Crippen molar-refractivity contribution >= 4 is 0 Å². The minimum atomic E-state index is 0.866. The molecule has 1 atom stereocenters. The SMILES string of the molecule is CCCCCC(CC)CCN. The largest absolute Gasteiger partial charge is 0.330 e. The molecule has 0 radical (unpaired) electrons. The van der Waals surface area contributed by atoms with Crippen molar-refractivity contribution in [3.05, 3.63) is 0 Å². The Hall–Kier alpha value is -0.0400. The average Bonchev–Trinajstić information content (AvgIpc) is 2.03.